The third kappa shape index (κ3) is 1.97. The maximum Gasteiger partial charge on any atom is 0.0397 e. The van der Waals surface area contributed by atoms with Crippen LogP contribution in [0.2, 0.25) is 0 Å². The molecule has 126 valence electrons. The lowest BCUT2D eigenvalue weighted by atomic mass is 9.81. The molecule has 5 rings (SSSR count). The van der Waals surface area contributed by atoms with Gasteiger partial charge in [-0.2, -0.15) is 0 Å². The predicted octanol–water partition coefficient (Wildman–Crippen LogP) is 6.40. The van der Waals surface area contributed by atoms with Crippen molar-refractivity contribution in [3.05, 3.63) is 90.0 Å². The summed E-state index contributed by atoms with van der Waals surface area (Å²) >= 11 is 0. The van der Waals surface area contributed by atoms with E-state index in [2.05, 4.69) is 92.7 Å². The lowest BCUT2D eigenvalue weighted by molar-refractivity contribution is 0.661. The molecule has 4 aromatic carbocycles. The van der Waals surface area contributed by atoms with Gasteiger partial charge in [0.25, 0.3) is 0 Å². The van der Waals surface area contributed by atoms with E-state index in [0.717, 1.165) is 11.3 Å². The Hall–Kier alpha value is -3.06. The van der Waals surface area contributed by atoms with Gasteiger partial charge in [0.05, 0.1) is 0 Å². The van der Waals surface area contributed by atoms with E-state index in [1.807, 2.05) is 0 Å². The van der Waals surface area contributed by atoms with E-state index in [1.54, 1.807) is 0 Å². The minimum absolute atomic E-state index is 0.0165. The second kappa shape index (κ2) is 5.22. The van der Waals surface area contributed by atoms with Gasteiger partial charge in [0.1, 0.15) is 0 Å². The Labute approximate surface area is 154 Å². The van der Waals surface area contributed by atoms with Gasteiger partial charge in [-0.3, -0.25) is 0 Å². The highest BCUT2D eigenvalue weighted by Gasteiger charge is 2.35. The van der Waals surface area contributed by atoms with Crippen LogP contribution in [0.5, 0.6) is 0 Å². The molecule has 0 spiro atoms. The van der Waals surface area contributed by atoms with Gasteiger partial charge < -0.3 is 5.73 Å². The van der Waals surface area contributed by atoms with Crippen LogP contribution in [0.25, 0.3) is 33.0 Å². The fourth-order valence-corrected chi connectivity index (χ4v) is 4.46. The lowest BCUT2D eigenvalue weighted by Crippen LogP contribution is -2.15. The Balaban J connectivity index is 1.83. The first kappa shape index (κ1) is 15.2. The number of nitrogen functional groups attached to an aromatic ring is 1. The SMILES string of the molecule is CC1(C)c2ccccc2-c2cc(-c3cccc4ccccc34)c(N)cc21. The molecule has 0 radical (unpaired) electrons. The van der Waals surface area contributed by atoms with Gasteiger partial charge in [0.2, 0.25) is 0 Å². The van der Waals surface area contributed by atoms with E-state index >= 15 is 0 Å². The van der Waals surface area contributed by atoms with E-state index in [1.165, 1.54) is 38.6 Å². The van der Waals surface area contributed by atoms with Crippen molar-refractivity contribution in [1.29, 1.82) is 0 Å². The minimum Gasteiger partial charge on any atom is -0.398 e. The van der Waals surface area contributed by atoms with Crippen molar-refractivity contribution >= 4 is 16.5 Å². The number of hydrogen-bond acceptors (Lipinski definition) is 1. The molecule has 0 bridgehead atoms. The van der Waals surface area contributed by atoms with Crippen molar-refractivity contribution in [3.8, 4) is 22.3 Å². The van der Waals surface area contributed by atoms with Crippen LogP contribution in [0, 0.1) is 0 Å². The molecule has 0 atom stereocenters. The van der Waals surface area contributed by atoms with Crippen LogP contribution in [0.15, 0.2) is 78.9 Å². The Morgan fingerprint density at radius 1 is 0.615 bits per heavy atom. The van der Waals surface area contributed by atoms with Crippen LogP contribution in [-0.2, 0) is 5.41 Å². The zero-order chi connectivity index (χ0) is 17.9. The maximum absolute atomic E-state index is 6.57. The highest BCUT2D eigenvalue weighted by molar-refractivity contribution is 6.01. The Bertz CT molecular complexity index is 1160. The van der Waals surface area contributed by atoms with Crippen LogP contribution in [-0.4, -0.2) is 0 Å². The molecule has 0 aromatic heterocycles. The van der Waals surface area contributed by atoms with Crippen molar-refractivity contribution in [3.63, 3.8) is 0 Å². The van der Waals surface area contributed by atoms with Crippen LogP contribution in [0.4, 0.5) is 5.69 Å². The van der Waals surface area contributed by atoms with Gasteiger partial charge in [-0.1, -0.05) is 80.6 Å². The smallest absolute Gasteiger partial charge is 0.0397 e. The van der Waals surface area contributed by atoms with Gasteiger partial charge in [-0.15, -0.1) is 0 Å². The molecule has 1 aliphatic rings. The molecule has 4 aromatic rings. The summed E-state index contributed by atoms with van der Waals surface area (Å²) in [6.07, 6.45) is 0. The average molecular weight is 335 g/mol. The van der Waals surface area contributed by atoms with Gasteiger partial charge in [0, 0.05) is 16.7 Å². The molecule has 1 aliphatic carbocycles. The first-order valence-electron chi connectivity index (χ1n) is 9.09. The van der Waals surface area contributed by atoms with E-state index in [4.69, 9.17) is 5.73 Å². The van der Waals surface area contributed by atoms with E-state index < -0.39 is 0 Å². The zero-order valence-corrected chi connectivity index (χ0v) is 15.1. The molecule has 0 unspecified atom stereocenters. The standard InChI is InChI=1S/C25H21N/c1-25(2)22-13-6-5-11-19(22)20-14-21(24(26)15-23(20)25)18-12-7-9-16-8-3-4-10-17(16)18/h3-15H,26H2,1-2H3. The van der Waals surface area contributed by atoms with E-state index in [0.29, 0.717) is 0 Å². The molecular formula is C25H21N. The summed E-state index contributed by atoms with van der Waals surface area (Å²) in [7, 11) is 0. The monoisotopic (exact) mass is 335 g/mol. The lowest BCUT2D eigenvalue weighted by Gasteiger charge is -2.22. The topological polar surface area (TPSA) is 26.0 Å². The number of benzene rings is 4. The molecule has 0 saturated heterocycles. The molecule has 0 heterocycles. The molecule has 26 heavy (non-hydrogen) atoms. The number of hydrogen-bond donors (Lipinski definition) is 1. The zero-order valence-electron chi connectivity index (χ0n) is 15.1. The summed E-state index contributed by atoms with van der Waals surface area (Å²) in [5.41, 5.74) is 15.1. The average Bonchev–Trinajstić information content (AvgIpc) is 2.88. The van der Waals surface area contributed by atoms with Crippen molar-refractivity contribution < 1.29 is 0 Å². The number of nitrogens with two attached hydrogens (primary N) is 1. The fraction of sp³-hybridized carbons (Fsp3) is 0.120. The molecule has 0 aliphatic heterocycles. The summed E-state index contributed by atoms with van der Waals surface area (Å²) in [6, 6.07) is 28.1. The molecule has 0 amide bonds. The van der Waals surface area contributed by atoms with Crippen molar-refractivity contribution in [2.75, 3.05) is 5.73 Å². The summed E-state index contributed by atoms with van der Waals surface area (Å²) in [5, 5.41) is 2.48. The fourth-order valence-electron chi connectivity index (χ4n) is 4.46. The number of rotatable bonds is 1. The second-order valence-corrected chi connectivity index (χ2v) is 7.68. The highest BCUT2D eigenvalue weighted by atomic mass is 14.6. The second-order valence-electron chi connectivity index (χ2n) is 7.68. The summed E-state index contributed by atoms with van der Waals surface area (Å²) in [5.74, 6) is 0. The first-order valence-corrected chi connectivity index (χ1v) is 9.09. The third-order valence-corrected chi connectivity index (χ3v) is 5.83. The van der Waals surface area contributed by atoms with Crippen LogP contribution < -0.4 is 5.73 Å². The molecule has 1 heteroatoms. The van der Waals surface area contributed by atoms with Crippen molar-refractivity contribution in [2.45, 2.75) is 19.3 Å². The Morgan fingerprint density at radius 2 is 1.31 bits per heavy atom. The Kier molecular flexibility index (Phi) is 3.05. The summed E-state index contributed by atoms with van der Waals surface area (Å²) < 4.78 is 0. The largest absolute Gasteiger partial charge is 0.398 e. The van der Waals surface area contributed by atoms with Crippen LogP contribution in [0.3, 0.4) is 0 Å². The molecule has 0 fully saturated rings. The molecule has 1 nitrogen and oxygen atoms in total. The normalized spacial score (nSPS) is 14.2. The quantitative estimate of drug-likeness (QED) is 0.400. The molecular weight excluding hydrogens is 314 g/mol. The predicted molar refractivity (Wildman–Crippen MR) is 111 cm³/mol. The van der Waals surface area contributed by atoms with Gasteiger partial charge in [-0.25, -0.2) is 0 Å². The number of anilines is 1. The molecule has 0 saturated carbocycles. The van der Waals surface area contributed by atoms with Gasteiger partial charge in [-0.05, 0) is 50.7 Å². The highest BCUT2D eigenvalue weighted by Crippen LogP contribution is 2.51. The molecule has 2 N–H and O–H groups in total. The third-order valence-electron chi connectivity index (χ3n) is 5.83. The van der Waals surface area contributed by atoms with Crippen LogP contribution in [0.1, 0.15) is 25.0 Å². The summed E-state index contributed by atoms with van der Waals surface area (Å²) in [6.45, 7) is 4.57. The maximum atomic E-state index is 6.57. The Morgan fingerprint density at radius 3 is 2.19 bits per heavy atom. The van der Waals surface area contributed by atoms with E-state index in [-0.39, 0.29) is 5.41 Å². The summed E-state index contributed by atoms with van der Waals surface area (Å²) in [4.78, 5) is 0. The van der Waals surface area contributed by atoms with E-state index in [9.17, 15) is 0 Å². The van der Waals surface area contributed by atoms with Crippen LogP contribution >= 0.6 is 0 Å². The van der Waals surface area contributed by atoms with Crippen molar-refractivity contribution in [1.82, 2.24) is 0 Å². The van der Waals surface area contributed by atoms with Gasteiger partial charge in [0.15, 0.2) is 0 Å². The first-order chi connectivity index (χ1) is 12.6. The van der Waals surface area contributed by atoms with Gasteiger partial charge >= 0.3 is 0 Å². The number of fused-ring (bicyclic) bond motifs is 4. The van der Waals surface area contributed by atoms with Crippen molar-refractivity contribution in [2.24, 2.45) is 0 Å². The minimum atomic E-state index is -0.0165.